The lowest BCUT2D eigenvalue weighted by Gasteiger charge is -2.25. The minimum absolute atomic E-state index is 0. The van der Waals surface area contributed by atoms with E-state index in [0.717, 1.165) is 13.1 Å². The Morgan fingerprint density at radius 2 is 1.76 bits per heavy atom. The van der Waals surface area contributed by atoms with Gasteiger partial charge in [0.15, 0.2) is 26.5 Å². The first-order chi connectivity index (χ1) is 15.7. The number of likely N-dealkylation sites (N-methyl/N-ethyl adjacent to an activating group) is 1. The van der Waals surface area contributed by atoms with Crippen LogP contribution in [-0.2, 0) is 9.84 Å². The minimum Gasteiger partial charge on any atom is -0.493 e. The van der Waals surface area contributed by atoms with Crippen molar-refractivity contribution >= 4 is 54.8 Å². The molecule has 0 bridgehead atoms. The van der Waals surface area contributed by atoms with Gasteiger partial charge in [0.2, 0.25) is 0 Å². The number of benzene rings is 2. The number of thiazole rings is 1. The van der Waals surface area contributed by atoms with Gasteiger partial charge in [-0.15, -0.1) is 12.4 Å². The molecular weight excluding hydrogens is 498 g/mol. The van der Waals surface area contributed by atoms with Crippen molar-refractivity contribution in [3.8, 4) is 11.5 Å². The molecule has 0 radical (unpaired) electrons. The fourth-order valence-corrected chi connectivity index (χ4v) is 5.26. The van der Waals surface area contributed by atoms with Crippen molar-refractivity contribution in [3.63, 3.8) is 0 Å². The molecule has 1 aromatic heterocycles. The van der Waals surface area contributed by atoms with Gasteiger partial charge in [-0.05, 0) is 43.4 Å². The number of carbonyl (C=O) groups excluding carboxylic acids is 1. The van der Waals surface area contributed by atoms with Crippen molar-refractivity contribution in [1.29, 1.82) is 0 Å². The van der Waals surface area contributed by atoms with Gasteiger partial charge in [0.25, 0.3) is 5.91 Å². The van der Waals surface area contributed by atoms with Crippen molar-refractivity contribution in [2.75, 3.05) is 51.6 Å². The van der Waals surface area contributed by atoms with Crippen molar-refractivity contribution in [2.45, 2.75) is 18.7 Å². The van der Waals surface area contributed by atoms with Crippen LogP contribution in [0.2, 0.25) is 0 Å². The molecule has 3 aromatic rings. The number of anilines is 1. The summed E-state index contributed by atoms with van der Waals surface area (Å²) in [5.41, 5.74) is 1.01. The number of hydrogen-bond acceptors (Lipinski definition) is 8. The van der Waals surface area contributed by atoms with Crippen LogP contribution in [0.25, 0.3) is 10.2 Å². The number of para-hydroxylation sites is 1. The molecule has 0 unspecified atom stereocenters. The minimum atomic E-state index is -3.35. The van der Waals surface area contributed by atoms with E-state index in [1.807, 2.05) is 0 Å². The zero-order chi connectivity index (χ0) is 24.2. The molecule has 0 atom stereocenters. The van der Waals surface area contributed by atoms with Gasteiger partial charge < -0.3 is 14.4 Å². The highest BCUT2D eigenvalue weighted by atomic mass is 35.5. The highest BCUT2D eigenvalue weighted by Gasteiger charge is 2.26. The Kier molecular flexibility index (Phi) is 9.69. The SMILES string of the molecule is CCN(CC)CCN(C(=O)c1cccc(OC)c1OC)c1nc2ccc(S(C)(=O)=O)cc2s1.Cl. The molecule has 0 saturated heterocycles. The monoisotopic (exact) mass is 527 g/mol. The number of hydrogen-bond donors (Lipinski definition) is 0. The van der Waals surface area contributed by atoms with Crippen molar-refractivity contribution < 1.29 is 22.7 Å². The molecule has 0 spiro atoms. The summed E-state index contributed by atoms with van der Waals surface area (Å²) in [6, 6.07) is 9.99. The first-order valence-corrected chi connectivity index (χ1v) is 13.3. The maximum atomic E-state index is 13.7. The van der Waals surface area contributed by atoms with Gasteiger partial charge in [0, 0.05) is 19.3 Å². The molecule has 34 heavy (non-hydrogen) atoms. The summed E-state index contributed by atoms with van der Waals surface area (Å²) < 4.78 is 35.5. The molecule has 1 amide bonds. The maximum Gasteiger partial charge on any atom is 0.264 e. The van der Waals surface area contributed by atoms with Crippen molar-refractivity contribution in [1.82, 2.24) is 9.88 Å². The number of ether oxygens (including phenoxy) is 2. The third-order valence-corrected chi connectivity index (χ3v) is 7.57. The average Bonchev–Trinajstić information content (AvgIpc) is 3.23. The Morgan fingerprint density at radius 3 is 2.35 bits per heavy atom. The molecular formula is C23H30ClN3O5S2. The number of rotatable bonds is 10. The van der Waals surface area contributed by atoms with Gasteiger partial charge in [0.05, 0.1) is 34.9 Å². The van der Waals surface area contributed by atoms with Crippen LogP contribution in [-0.4, -0.2) is 70.9 Å². The third-order valence-electron chi connectivity index (χ3n) is 5.42. The van der Waals surface area contributed by atoms with E-state index in [0.29, 0.717) is 45.5 Å². The quantitative estimate of drug-likeness (QED) is 0.391. The molecule has 0 N–H and O–H groups in total. The van der Waals surface area contributed by atoms with Crippen LogP contribution in [0.4, 0.5) is 5.13 Å². The summed E-state index contributed by atoms with van der Waals surface area (Å²) in [6.07, 6.45) is 1.17. The normalized spacial score (nSPS) is 11.4. The van der Waals surface area contributed by atoms with Gasteiger partial charge in [-0.25, -0.2) is 13.4 Å². The Hall–Kier alpha value is -2.40. The highest BCUT2D eigenvalue weighted by molar-refractivity contribution is 7.90. The smallest absolute Gasteiger partial charge is 0.264 e. The Balaban J connectivity index is 0.00000408. The summed E-state index contributed by atoms with van der Waals surface area (Å²) in [4.78, 5) is 22.4. The molecule has 0 aliphatic heterocycles. The van der Waals surface area contributed by atoms with E-state index in [4.69, 9.17) is 9.47 Å². The molecule has 0 fully saturated rings. The van der Waals surface area contributed by atoms with Gasteiger partial charge in [-0.1, -0.05) is 31.3 Å². The summed E-state index contributed by atoms with van der Waals surface area (Å²) in [5.74, 6) is 0.563. The van der Waals surface area contributed by atoms with Crippen molar-refractivity contribution in [2.24, 2.45) is 0 Å². The van der Waals surface area contributed by atoms with Crippen LogP contribution in [0.1, 0.15) is 24.2 Å². The van der Waals surface area contributed by atoms with Crippen LogP contribution < -0.4 is 14.4 Å². The van der Waals surface area contributed by atoms with Crippen LogP contribution in [0.3, 0.4) is 0 Å². The number of halogens is 1. The van der Waals surface area contributed by atoms with Gasteiger partial charge in [0.1, 0.15) is 0 Å². The number of amides is 1. The molecule has 0 aliphatic rings. The van der Waals surface area contributed by atoms with E-state index < -0.39 is 9.84 Å². The molecule has 0 aliphatic carbocycles. The second-order valence-corrected chi connectivity index (χ2v) is 10.4. The summed E-state index contributed by atoms with van der Waals surface area (Å²) in [7, 11) is -0.324. The number of sulfone groups is 1. The number of nitrogens with zero attached hydrogens (tertiary/aromatic N) is 3. The predicted molar refractivity (Wildman–Crippen MR) is 139 cm³/mol. The zero-order valence-electron chi connectivity index (χ0n) is 19.9. The topological polar surface area (TPSA) is 89.0 Å². The third kappa shape index (κ3) is 5.99. The van der Waals surface area contributed by atoms with Crippen LogP contribution >= 0.6 is 23.7 Å². The fraction of sp³-hybridized carbons (Fsp3) is 0.391. The first kappa shape index (κ1) is 27.8. The standard InChI is InChI=1S/C23H29N3O5S2.ClH/c1-6-25(7-2)13-14-26(22(27)17-9-8-10-19(30-3)21(17)31-4)23-24-18-12-11-16(33(5,28)29)15-20(18)32-23;/h8-12,15H,6-7,13-14H2,1-5H3;1H. The van der Waals surface area contributed by atoms with Gasteiger partial charge >= 0.3 is 0 Å². The molecule has 8 nitrogen and oxygen atoms in total. The van der Waals surface area contributed by atoms with E-state index in [1.165, 1.54) is 37.9 Å². The van der Waals surface area contributed by atoms with Gasteiger partial charge in [-0.3, -0.25) is 9.69 Å². The highest BCUT2D eigenvalue weighted by Crippen LogP contribution is 2.35. The van der Waals surface area contributed by atoms with Crippen molar-refractivity contribution in [3.05, 3.63) is 42.0 Å². The number of carbonyl (C=O) groups is 1. The Morgan fingerprint density at radius 1 is 1.06 bits per heavy atom. The maximum absolute atomic E-state index is 13.7. The predicted octanol–water partition coefficient (Wildman–Crippen LogP) is 4.13. The van der Waals surface area contributed by atoms with E-state index in [2.05, 4.69) is 23.7 Å². The van der Waals surface area contributed by atoms with E-state index in [-0.39, 0.29) is 23.2 Å². The second kappa shape index (κ2) is 11.8. The Labute approximate surface area is 210 Å². The zero-order valence-corrected chi connectivity index (χ0v) is 22.3. The number of fused-ring (bicyclic) bond motifs is 1. The van der Waals surface area contributed by atoms with E-state index >= 15 is 0 Å². The lowest BCUT2D eigenvalue weighted by atomic mass is 10.1. The van der Waals surface area contributed by atoms with E-state index in [9.17, 15) is 13.2 Å². The molecule has 2 aromatic carbocycles. The molecule has 0 saturated carbocycles. The fourth-order valence-electron chi connectivity index (χ4n) is 3.51. The molecule has 11 heteroatoms. The van der Waals surface area contributed by atoms with Crippen LogP contribution in [0.5, 0.6) is 11.5 Å². The molecule has 186 valence electrons. The first-order valence-electron chi connectivity index (χ1n) is 10.6. The van der Waals surface area contributed by atoms with Crippen LogP contribution in [0, 0.1) is 0 Å². The second-order valence-electron chi connectivity index (χ2n) is 7.42. The number of methoxy groups -OCH3 is 2. The largest absolute Gasteiger partial charge is 0.493 e. The summed E-state index contributed by atoms with van der Waals surface area (Å²) in [5, 5.41) is 0.498. The summed E-state index contributed by atoms with van der Waals surface area (Å²) in [6.45, 7) is 6.95. The number of aromatic nitrogens is 1. The lowest BCUT2D eigenvalue weighted by Crippen LogP contribution is -2.39. The van der Waals surface area contributed by atoms with Gasteiger partial charge in [-0.2, -0.15) is 0 Å². The lowest BCUT2D eigenvalue weighted by molar-refractivity contribution is 0.0980. The molecule has 1 heterocycles. The van der Waals surface area contributed by atoms with E-state index in [1.54, 1.807) is 35.2 Å². The van der Waals surface area contributed by atoms with Crippen LogP contribution in [0.15, 0.2) is 41.3 Å². The Bertz CT molecular complexity index is 1240. The average molecular weight is 528 g/mol. The molecule has 3 rings (SSSR count). The summed E-state index contributed by atoms with van der Waals surface area (Å²) >= 11 is 1.29.